The first kappa shape index (κ1) is 18.8. The SMILES string of the molecule is O=C(c1ccoc1)N1CCC(c2ccnc3c(C(=O)N4CCOCC4)ncn23)CC1. The van der Waals surface area contributed by atoms with Gasteiger partial charge in [-0.15, -0.1) is 0 Å². The molecule has 5 rings (SSSR count). The minimum Gasteiger partial charge on any atom is -0.472 e. The predicted octanol–water partition coefficient (Wildman–Crippen LogP) is 1.81. The molecule has 9 nitrogen and oxygen atoms in total. The first-order chi connectivity index (χ1) is 14.7. The van der Waals surface area contributed by atoms with Crippen molar-refractivity contribution >= 4 is 17.5 Å². The van der Waals surface area contributed by atoms with Crippen LogP contribution in [-0.2, 0) is 4.74 Å². The Morgan fingerprint density at radius 2 is 1.73 bits per heavy atom. The van der Waals surface area contributed by atoms with Gasteiger partial charge >= 0.3 is 0 Å². The lowest BCUT2D eigenvalue weighted by molar-refractivity contribution is 0.0300. The van der Waals surface area contributed by atoms with E-state index in [0.29, 0.717) is 56.3 Å². The maximum Gasteiger partial charge on any atom is 0.276 e. The van der Waals surface area contributed by atoms with Gasteiger partial charge in [0.05, 0.1) is 25.0 Å². The van der Waals surface area contributed by atoms with Crippen molar-refractivity contribution < 1.29 is 18.7 Å². The van der Waals surface area contributed by atoms with Crippen molar-refractivity contribution in [3.05, 3.63) is 54.1 Å². The summed E-state index contributed by atoms with van der Waals surface area (Å²) in [7, 11) is 0. The van der Waals surface area contributed by atoms with Crippen LogP contribution in [0.4, 0.5) is 0 Å². The quantitative estimate of drug-likeness (QED) is 0.655. The van der Waals surface area contributed by atoms with Crippen LogP contribution in [0.2, 0.25) is 0 Å². The van der Waals surface area contributed by atoms with Crippen molar-refractivity contribution in [3.63, 3.8) is 0 Å². The van der Waals surface area contributed by atoms with Crippen LogP contribution in [0.5, 0.6) is 0 Å². The van der Waals surface area contributed by atoms with Crippen LogP contribution < -0.4 is 0 Å². The lowest BCUT2D eigenvalue weighted by atomic mass is 9.93. The van der Waals surface area contributed by atoms with Crippen LogP contribution >= 0.6 is 0 Å². The van der Waals surface area contributed by atoms with E-state index < -0.39 is 0 Å². The molecule has 30 heavy (non-hydrogen) atoms. The molecule has 2 fully saturated rings. The summed E-state index contributed by atoms with van der Waals surface area (Å²) in [6.45, 7) is 3.58. The Morgan fingerprint density at radius 1 is 0.967 bits per heavy atom. The number of carbonyl (C=O) groups excluding carboxylic acids is 2. The molecule has 9 heteroatoms. The Bertz CT molecular complexity index is 1050. The number of ether oxygens (including phenoxy) is 1. The number of imidazole rings is 1. The highest BCUT2D eigenvalue weighted by Gasteiger charge is 2.28. The van der Waals surface area contributed by atoms with Gasteiger partial charge in [0.15, 0.2) is 11.3 Å². The molecule has 0 unspecified atom stereocenters. The first-order valence-corrected chi connectivity index (χ1v) is 10.2. The number of rotatable bonds is 3. The molecule has 3 aromatic rings. The van der Waals surface area contributed by atoms with Crippen LogP contribution in [0.15, 0.2) is 41.6 Å². The van der Waals surface area contributed by atoms with E-state index in [0.717, 1.165) is 18.5 Å². The van der Waals surface area contributed by atoms with E-state index in [-0.39, 0.29) is 17.7 Å². The van der Waals surface area contributed by atoms with Crippen molar-refractivity contribution in [2.75, 3.05) is 39.4 Å². The zero-order valence-corrected chi connectivity index (χ0v) is 16.6. The molecule has 0 radical (unpaired) electrons. The fourth-order valence-electron chi connectivity index (χ4n) is 4.27. The van der Waals surface area contributed by atoms with Crippen molar-refractivity contribution in [2.24, 2.45) is 0 Å². The van der Waals surface area contributed by atoms with E-state index in [9.17, 15) is 9.59 Å². The smallest absolute Gasteiger partial charge is 0.276 e. The molecule has 3 aromatic heterocycles. The monoisotopic (exact) mass is 409 g/mol. The fraction of sp³-hybridized carbons (Fsp3) is 0.429. The van der Waals surface area contributed by atoms with Gasteiger partial charge in [0, 0.05) is 44.0 Å². The number of aromatic nitrogens is 3. The Kier molecular flexibility index (Phi) is 4.96. The Morgan fingerprint density at radius 3 is 2.47 bits per heavy atom. The molecular formula is C21H23N5O4. The topological polar surface area (TPSA) is 93.2 Å². The summed E-state index contributed by atoms with van der Waals surface area (Å²) in [5, 5.41) is 0. The number of fused-ring (bicyclic) bond motifs is 1. The second-order valence-electron chi connectivity index (χ2n) is 7.64. The molecule has 0 saturated carbocycles. The van der Waals surface area contributed by atoms with Crippen molar-refractivity contribution in [1.29, 1.82) is 0 Å². The van der Waals surface area contributed by atoms with Gasteiger partial charge in [0.1, 0.15) is 12.6 Å². The molecule has 2 aliphatic rings. The van der Waals surface area contributed by atoms with E-state index in [1.165, 1.54) is 12.5 Å². The van der Waals surface area contributed by atoms with Crippen molar-refractivity contribution in [3.8, 4) is 0 Å². The van der Waals surface area contributed by atoms with Gasteiger partial charge in [-0.2, -0.15) is 0 Å². The van der Waals surface area contributed by atoms with Gasteiger partial charge in [-0.25, -0.2) is 9.97 Å². The minimum atomic E-state index is -0.106. The average molecular weight is 409 g/mol. The summed E-state index contributed by atoms with van der Waals surface area (Å²) in [5.41, 5.74) is 2.62. The molecule has 5 heterocycles. The third kappa shape index (κ3) is 3.35. The Balaban J connectivity index is 1.34. The molecule has 2 saturated heterocycles. The van der Waals surface area contributed by atoms with Crippen LogP contribution in [0.25, 0.3) is 5.65 Å². The molecular weight excluding hydrogens is 386 g/mol. The van der Waals surface area contributed by atoms with Crippen LogP contribution in [0, 0.1) is 0 Å². The lowest BCUT2D eigenvalue weighted by Crippen LogP contribution is -2.41. The maximum absolute atomic E-state index is 12.9. The number of likely N-dealkylation sites (tertiary alicyclic amines) is 1. The minimum absolute atomic E-state index is 0.00287. The van der Waals surface area contributed by atoms with E-state index >= 15 is 0 Å². The molecule has 0 bridgehead atoms. The standard InChI is InChI=1S/C21H23N5O4/c27-20(16-4-10-30-13-16)24-6-2-15(3-7-24)17-1-5-22-19-18(23-14-26(17)19)21(28)25-8-11-29-12-9-25/h1,4-5,10,13-15H,2-3,6-9,11-12H2. The normalized spacial score (nSPS) is 18.1. The maximum atomic E-state index is 12.9. The van der Waals surface area contributed by atoms with Crippen LogP contribution in [0.3, 0.4) is 0 Å². The number of hydrogen-bond acceptors (Lipinski definition) is 6. The fourth-order valence-corrected chi connectivity index (χ4v) is 4.27. The lowest BCUT2D eigenvalue weighted by Gasteiger charge is -2.32. The summed E-state index contributed by atoms with van der Waals surface area (Å²) in [6.07, 6.45) is 8.11. The zero-order chi connectivity index (χ0) is 20.5. The van der Waals surface area contributed by atoms with Crippen LogP contribution in [-0.4, -0.2) is 75.4 Å². The highest BCUT2D eigenvalue weighted by Crippen LogP contribution is 2.29. The number of nitrogens with zero attached hydrogens (tertiary/aromatic N) is 5. The summed E-state index contributed by atoms with van der Waals surface area (Å²) >= 11 is 0. The summed E-state index contributed by atoms with van der Waals surface area (Å²) in [5.74, 6) is 0.165. The molecule has 0 atom stereocenters. The summed E-state index contributed by atoms with van der Waals surface area (Å²) in [6, 6.07) is 3.68. The zero-order valence-electron chi connectivity index (χ0n) is 16.6. The summed E-state index contributed by atoms with van der Waals surface area (Å²) < 4.78 is 12.3. The highest BCUT2D eigenvalue weighted by molar-refractivity contribution is 5.98. The number of carbonyl (C=O) groups is 2. The number of piperidine rings is 1. The first-order valence-electron chi connectivity index (χ1n) is 10.2. The predicted molar refractivity (Wildman–Crippen MR) is 106 cm³/mol. The van der Waals surface area contributed by atoms with E-state index in [4.69, 9.17) is 9.15 Å². The van der Waals surface area contributed by atoms with Crippen molar-refractivity contribution in [1.82, 2.24) is 24.2 Å². The summed E-state index contributed by atoms with van der Waals surface area (Å²) in [4.78, 5) is 37.9. The third-order valence-corrected chi connectivity index (χ3v) is 5.93. The molecule has 0 aromatic carbocycles. The number of amides is 2. The van der Waals surface area contributed by atoms with Gasteiger partial charge in [-0.05, 0) is 25.0 Å². The van der Waals surface area contributed by atoms with Gasteiger partial charge < -0.3 is 19.0 Å². The molecule has 156 valence electrons. The van der Waals surface area contributed by atoms with Gasteiger partial charge in [0.25, 0.3) is 11.8 Å². The molecule has 2 aliphatic heterocycles. The Labute approximate surface area is 173 Å². The number of hydrogen-bond donors (Lipinski definition) is 0. The third-order valence-electron chi connectivity index (χ3n) is 5.93. The van der Waals surface area contributed by atoms with Gasteiger partial charge in [-0.1, -0.05) is 0 Å². The molecule has 0 spiro atoms. The van der Waals surface area contributed by atoms with Crippen LogP contribution in [0.1, 0.15) is 45.3 Å². The molecule has 2 amide bonds. The van der Waals surface area contributed by atoms with E-state index in [1.54, 1.807) is 23.5 Å². The largest absolute Gasteiger partial charge is 0.472 e. The molecule has 0 aliphatic carbocycles. The van der Waals surface area contributed by atoms with Crippen molar-refractivity contribution in [2.45, 2.75) is 18.8 Å². The number of furan rings is 1. The van der Waals surface area contributed by atoms with E-state index in [2.05, 4.69) is 9.97 Å². The van der Waals surface area contributed by atoms with E-state index in [1.807, 2.05) is 15.4 Å². The molecule has 0 N–H and O–H groups in total. The second kappa shape index (κ2) is 7.91. The average Bonchev–Trinajstić information content (AvgIpc) is 3.49. The van der Waals surface area contributed by atoms with Gasteiger partial charge in [-0.3, -0.25) is 14.0 Å². The van der Waals surface area contributed by atoms with Gasteiger partial charge in [0.2, 0.25) is 0 Å². The second-order valence-corrected chi connectivity index (χ2v) is 7.64. The highest BCUT2D eigenvalue weighted by atomic mass is 16.5. The number of morpholine rings is 1. The Hall–Kier alpha value is -3.20.